The van der Waals surface area contributed by atoms with Crippen LogP contribution in [0.25, 0.3) is 16.7 Å². The number of benzene rings is 2. The summed E-state index contributed by atoms with van der Waals surface area (Å²) in [6.07, 6.45) is 0.642. The van der Waals surface area contributed by atoms with Crippen molar-refractivity contribution in [1.29, 1.82) is 0 Å². The highest BCUT2D eigenvalue weighted by Gasteiger charge is 2.28. The molecule has 178 valence electrons. The highest BCUT2D eigenvalue weighted by atomic mass is 32.2. The SMILES string of the molecule is Cc1cccc(-n2c(SCC(=O)Nc3ccccc3)nc3nc4c(cc3c2=O)COC(C)(C)C4)c1. The third kappa shape index (κ3) is 4.99. The fourth-order valence-electron chi connectivity index (χ4n) is 4.12. The maximum atomic E-state index is 13.7. The molecule has 2 aromatic heterocycles. The van der Waals surface area contributed by atoms with Gasteiger partial charge >= 0.3 is 0 Å². The molecule has 0 spiro atoms. The lowest BCUT2D eigenvalue weighted by atomic mass is 9.95. The second-order valence-corrected chi connectivity index (χ2v) is 10.2. The van der Waals surface area contributed by atoms with E-state index in [2.05, 4.69) is 5.32 Å². The molecule has 8 heteroatoms. The number of rotatable bonds is 5. The molecular formula is C27H26N4O3S. The Kier molecular flexibility index (Phi) is 6.17. The number of fused-ring (bicyclic) bond motifs is 2. The lowest BCUT2D eigenvalue weighted by Crippen LogP contribution is -2.33. The fraction of sp³-hybridized carbons (Fsp3) is 0.259. The molecule has 1 aliphatic rings. The molecule has 2 aromatic carbocycles. The van der Waals surface area contributed by atoms with Crippen LogP contribution in [0.3, 0.4) is 0 Å². The van der Waals surface area contributed by atoms with Gasteiger partial charge in [-0.15, -0.1) is 0 Å². The number of aryl methyl sites for hydroxylation is 1. The van der Waals surface area contributed by atoms with Crippen molar-refractivity contribution in [1.82, 2.24) is 14.5 Å². The van der Waals surface area contributed by atoms with E-state index in [0.717, 1.165) is 22.5 Å². The molecule has 4 aromatic rings. The predicted molar refractivity (Wildman–Crippen MR) is 138 cm³/mol. The van der Waals surface area contributed by atoms with Gasteiger partial charge in [-0.2, -0.15) is 0 Å². The van der Waals surface area contributed by atoms with Crippen molar-refractivity contribution in [2.24, 2.45) is 0 Å². The van der Waals surface area contributed by atoms with Crippen LogP contribution < -0.4 is 10.9 Å². The van der Waals surface area contributed by atoms with Crippen molar-refractivity contribution in [2.75, 3.05) is 11.1 Å². The number of pyridine rings is 1. The van der Waals surface area contributed by atoms with Crippen LogP contribution in [0.2, 0.25) is 0 Å². The van der Waals surface area contributed by atoms with E-state index in [1.54, 1.807) is 4.57 Å². The zero-order chi connectivity index (χ0) is 24.6. The summed E-state index contributed by atoms with van der Waals surface area (Å²) >= 11 is 1.22. The van der Waals surface area contributed by atoms with Crippen LogP contribution in [-0.4, -0.2) is 31.8 Å². The van der Waals surface area contributed by atoms with E-state index >= 15 is 0 Å². The number of anilines is 1. The van der Waals surface area contributed by atoms with Crippen molar-refractivity contribution in [3.8, 4) is 5.69 Å². The number of amides is 1. The predicted octanol–water partition coefficient (Wildman–Crippen LogP) is 4.67. The summed E-state index contributed by atoms with van der Waals surface area (Å²) in [5.41, 5.74) is 4.10. The van der Waals surface area contributed by atoms with Crippen LogP contribution in [0.4, 0.5) is 5.69 Å². The Balaban J connectivity index is 1.56. The first-order valence-corrected chi connectivity index (χ1v) is 12.4. The van der Waals surface area contributed by atoms with E-state index in [1.807, 2.05) is 81.4 Å². The van der Waals surface area contributed by atoms with Crippen molar-refractivity contribution in [3.05, 3.63) is 87.8 Å². The maximum Gasteiger partial charge on any atom is 0.268 e. The molecule has 0 saturated carbocycles. The Labute approximate surface area is 207 Å². The normalized spacial score (nSPS) is 14.5. The number of nitrogens with zero attached hydrogens (tertiary/aromatic N) is 3. The molecule has 35 heavy (non-hydrogen) atoms. The average molecular weight is 487 g/mol. The quantitative estimate of drug-likeness (QED) is 0.326. The summed E-state index contributed by atoms with van der Waals surface area (Å²) in [6.45, 7) is 6.43. The first kappa shape index (κ1) is 23.3. The van der Waals surface area contributed by atoms with Gasteiger partial charge in [0.25, 0.3) is 5.56 Å². The van der Waals surface area contributed by atoms with E-state index in [4.69, 9.17) is 14.7 Å². The van der Waals surface area contributed by atoms with Crippen molar-refractivity contribution in [2.45, 2.75) is 44.6 Å². The molecule has 0 fully saturated rings. The largest absolute Gasteiger partial charge is 0.370 e. The number of carbonyl (C=O) groups excluding carboxylic acids is 1. The van der Waals surface area contributed by atoms with Gasteiger partial charge in [0.15, 0.2) is 10.8 Å². The number of ether oxygens (including phenoxy) is 1. The lowest BCUT2D eigenvalue weighted by Gasteiger charge is -2.31. The lowest BCUT2D eigenvalue weighted by molar-refractivity contribution is -0.113. The Morgan fingerprint density at radius 2 is 1.91 bits per heavy atom. The van der Waals surface area contributed by atoms with Crippen molar-refractivity contribution in [3.63, 3.8) is 0 Å². The van der Waals surface area contributed by atoms with Crippen molar-refractivity contribution < 1.29 is 9.53 Å². The number of nitrogens with one attached hydrogen (secondary N) is 1. The zero-order valence-electron chi connectivity index (χ0n) is 19.9. The molecule has 1 aliphatic heterocycles. The summed E-state index contributed by atoms with van der Waals surface area (Å²) in [4.78, 5) is 35.9. The van der Waals surface area contributed by atoms with E-state index in [0.29, 0.717) is 34.9 Å². The summed E-state index contributed by atoms with van der Waals surface area (Å²) < 4.78 is 7.50. The third-order valence-corrected chi connectivity index (χ3v) is 6.80. The summed E-state index contributed by atoms with van der Waals surface area (Å²) in [7, 11) is 0. The van der Waals surface area contributed by atoms with Crippen LogP contribution in [-0.2, 0) is 22.6 Å². The highest BCUT2D eigenvalue weighted by Crippen LogP contribution is 2.29. The Bertz CT molecular complexity index is 1480. The molecule has 0 atom stereocenters. The number of thioether (sulfide) groups is 1. The summed E-state index contributed by atoms with van der Waals surface area (Å²) in [5.74, 6) is -0.0755. The van der Waals surface area contributed by atoms with Crippen LogP contribution in [0.15, 0.2) is 70.6 Å². The Morgan fingerprint density at radius 3 is 2.69 bits per heavy atom. The average Bonchev–Trinajstić information content (AvgIpc) is 2.82. The highest BCUT2D eigenvalue weighted by molar-refractivity contribution is 7.99. The van der Waals surface area contributed by atoms with Gasteiger partial charge in [0.1, 0.15) is 0 Å². The van der Waals surface area contributed by atoms with Gasteiger partial charge in [-0.3, -0.25) is 14.2 Å². The minimum Gasteiger partial charge on any atom is -0.370 e. The maximum absolute atomic E-state index is 13.7. The van der Waals surface area contributed by atoms with E-state index < -0.39 is 0 Å². The van der Waals surface area contributed by atoms with Gasteiger partial charge in [-0.05, 0) is 56.7 Å². The van der Waals surface area contributed by atoms with Crippen LogP contribution in [0.1, 0.15) is 30.7 Å². The first-order valence-electron chi connectivity index (χ1n) is 11.4. The van der Waals surface area contributed by atoms with Crippen LogP contribution in [0.5, 0.6) is 0 Å². The fourth-order valence-corrected chi connectivity index (χ4v) is 4.92. The summed E-state index contributed by atoms with van der Waals surface area (Å²) in [6, 6.07) is 18.8. The molecule has 0 radical (unpaired) electrons. The van der Waals surface area contributed by atoms with E-state index in [1.165, 1.54) is 11.8 Å². The van der Waals surface area contributed by atoms with Gasteiger partial charge in [0.2, 0.25) is 5.91 Å². The molecule has 1 N–H and O–H groups in total. The minimum absolute atomic E-state index is 0.102. The zero-order valence-corrected chi connectivity index (χ0v) is 20.7. The Morgan fingerprint density at radius 1 is 1.11 bits per heavy atom. The molecular weight excluding hydrogens is 460 g/mol. The molecule has 0 aliphatic carbocycles. The molecule has 0 unspecified atom stereocenters. The second kappa shape index (κ2) is 9.28. The van der Waals surface area contributed by atoms with Gasteiger partial charge in [0.05, 0.1) is 34.7 Å². The monoisotopic (exact) mass is 486 g/mol. The van der Waals surface area contributed by atoms with Gasteiger partial charge in [-0.25, -0.2) is 9.97 Å². The number of hydrogen-bond acceptors (Lipinski definition) is 6. The summed E-state index contributed by atoms with van der Waals surface area (Å²) in [5, 5.41) is 3.74. The van der Waals surface area contributed by atoms with Crippen LogP contribution >= 0.6 is 11.8 Å². The van der Waals surface area contributed by atoms with E-state index in [-0.39, 0.29) is 22.8 Å². The van der Waals surface area contributed by atoms with Gasteiger partial charge < -0.3 is 10.1 Å². The molecule has 0 bridgehead atoms. The number of hydrogen-bond donors (Lipinski definition) is 1. The van der Waals surface area contributed by atoms with Gasteiger partial charge in [0, 0.05) is 17.7 Å². The number of para-hydroxylation sites is 1. The first-order chi connectivity index (χ1) is 16.8. The third-order valence-electron chi connectivity index (χ3n) is 5.86. The molecule has 5 rings (SSSR count). The van der Waals surface area contributed by atoms with Crippen LogP contribution in [0, 0.1) is 6.92 Å². The second-order valence-electron chi connectivity index (χ2n) is 9.27. The van der Waals surface area contributed by atoms with Crippen molar-refractivity contribution >= 4 is 34.4 Å². The number of carbonyl (C=O) groups is 1. The standard InChI is InChI=1S/C27H26N4O3S/c1-17-8-7-11-20(12-17)31-25(33)21-13-18-15-34-27(2,3)14-22(18)29-24(21)30-26(31)35-16-23(32)28-19-9-5-4-6-10-19/h4-13H,14-16H2,1-3H3,(H,28,32). The Hall–Kier alpha value is -3.49. The smallest absolute Gasteiger partial charge is 0.268 e. The molecule has 1 amide bonds. The molecule has 7 nitrogen and oxygen atoms in total. The molecule has 3 heterocycles. The topological polar surface area (TPSA) is 86.1 Å². The number of aromatic nitrogens is 3. The molecule has 0 saturated heterocycles. The van der Waals surface area contributed by atoms with Gasteiger partial charge in [-0.1, -0.05) is 42.1 Å². The van der Waals surface area contributed by atoms with E-state index in [9.17, 15) is 9.59 Å². The minimum atomic E-state index is -0.322.